The van der Waals surface area contributed by atoms with Gasteiger partial charge in [0.05, 0.1) is 4.92 Å². The smallest absolute Gasteiger partial charge is 0.422 e. The Hall–Kier alpha value is -2.36. The summed E-state index contributed by atoms with van der Waals surface area (Å²) in [6.45, 7) is -1.55. The fourth-order valence-corrected chi connectivity index (χ4v) is 2.64. The third-order valence-electron chi connectivity index (χ3n) is 3.92. The van der Waals surface area contributed by atoms with Gasteiger partial charge in [0.1, 0.15) is 11.3 Å². The van der Waals surface area contributed by atoms with Crippen LogP contribution in [0.15, 0.2) is 18.2 Å². The summed E-state index contributed by atoms with van der Waals surface area (Å²) >= 11 is 0. The Morgan fingerprint density at radius 2 is 1.96 bits per heavy atom. The number of amides is 1. The van der Waals surface area contributed by atoms with Gasteiger partial charge in [-0.25, -0.2) is 0 Å². The van der Waals surface area contributed by atoms with Crippen LogP contribution in [0.2, 0.25) is 0 Å². The minimum Gasteiger partial charge on any atom is -0.484 e. The molecule has 2 rings (SSSR count). The Kier molecular flexibility index (Phi) is 5.83. The van der Waals surface area contributed by atoms with Crippen molar-refractivity contribution in [2.75, 3.05) is 6.61 Å². The Morgan fingerprint density at radius 3 is 2.52 bits per heavy atom. The standard InChI is InChI=1S/C15H18F3N3O4/c16-15(17,18)8-25-11-5-6-13(21(23)24)12(7-11)14(22)20-10-3-1-9(19)2-4-10/h5-7,9-10H,1-4,8,19H2,(H,20,22). The molecule has 1 fully saturated rings. The summed E-state index contributed by atoms with van der Waals surface area (Å²) in [4.78, 5) is 22.7. The van der Waals surface area contributed by atoms with Gasteiger partial charge in [-0.15, -0.1) is 0 Å². The van der Waals surface area contributed by atoms with Crippen LogP contribution in [0.4, 0.5) is 18.9 Å². The number of nitrogens with two attached hydrogens (primary N) is 1. The maximum Gasteiger partial charge on any atom is 0.422 e. The van der Waals surface area contributed by atoms with Gasteiger partial charge in [0.2, 0.25) is 0 Å². The van der Waals surface area contributed by atoms with Crippen molar-refractivity contribution < 1.29 is 27.6 Å². The van der Waals surface area contributed by atoms with Crippen LogP contribution in [0.3, 0.4) is 0 Å². The predicted molar refractivity (Wildman–Crippen MR) is 82.3 cm³/mol. The zero-order valence-corrected chi connectivity index (χ0v) is 13.2. The number of carbonyl (C=O) groups is 1. The lowest BCUT2D eigenvalue weighted by Crippen LogP contribution is -2.40. The normalized spacial score (nSPS) is 20.8. The molecular formula is C15H18F3N3O4. The lowest BCUT2D eigenvalue weighted by molar-refractivity contribution is -0.385. The van der Waals surface area contributed by atoms with E-state index in [-0.39, 0.29) is 23.4 Å². The molecule has 1 aliphatic carbocycles. The second-order valence-corrected chi connectivity index (χ2v) is 5.93. The molecule has 0 heterocycles. The van der Waals surface area contributed by atoms with Gasteiger partial charge in [0.25, 0.3) is 11.6 Å². The summed E-state index contributed by atoms with van der Waals surface area (Å²) in [5.41, 5.74) is 4.95. The monoisotopic (exact) mass is 361 g/mol. The lowest BCUT2D eigenvalue weighted by Gasteiger charge is -2.26. The van der Waals surface area contributed by atoms with Gasteiger partial charge in [-0.3, -0.25) is 14.9 Å². The van der Waals surface area contributed by atoms with E-state index in [2.05, 4.69) is 10.1 Å². The Bertz CT molecular complexity index is 643. The average molecular weight is 361 g/mol. The molecule has 138 valence electrons. The molecule has 3 N–H and O–H groups in total. The second-order valence-electron chi connectivity index (χ2n) is 5.93. The third-order valence-corrected chi connectivity index (χ3v) is 3.92. The molecule has 25 heavy (non-hydrogen) atoms. The molecule has 0 atom stereocenters. The maximum absolute atomic E-state index is 12.3. The molecule has 0 aromatic heterocycles. The van der Waals surface area contributed by atoms with Gasteiger partial charge in [0, 0.05) is 18.2 Å². The van der Waals surface area contributed by atoms with Crippen molar-refractivity contribution >= 4 is 11.6 Å². The average Bonchev–Trinajstić information content (AvgIpc) is 2.54. The SMILES string of the molecule is NC1CCC(NC(=O)c2cc(OCC(F)(F)F)ccc2[N+](=O)[O-])CC1. The predicted octanol–water partition coefficient (Wildman–Crippen LogP) is 2.54. The number of alkyl halides is 3. The number of nitro benzene ring substituents is 1. The van der Waals surface area contributed by atoms with Crippen molar-refractivity contribution in [1.82, 2.24) is 5.32 Å². The van der Waals surface area contributed by atoms with E-state index >= 15 is 0 Å². The van der Waals surface area contributed by atoms with Gasteiger partial charge in [-0.2, -0.15) is 13.2 Å². The first-order valence-electron chi connectivity index (χ1n) is 7.70. The summed E-state index contributed by atoms with van der Waals surface area (Å²) < 4.78 is 41.2. The molecule has 0 radical (unpaired) electrons. The van der Waals surface area contributed by atoms with Gasteiger partial charge < -0.3 is 15.8 Å². The molecule has 0 unspecified atom stereocenters. The van der Waals surface area contributed by atoms with E-state index in [1.165, 1.54) is 0 Å². The molecule has 7 nitrogen and oxygen atoms in total. The van der Waals surface area contributed by atoms with E-state index in [9.17, 15) is 28.1 Å². The molecule has 0 saturated heterocycles. The largest absolute Gasteiger partial charge is 0.484 e. The van der Waals surface area contributed by atoms with Crippen LogP contribution in [0.1, 0.15) is 36.0 Å². The molecular weight excluding hydrogens is 343 g/mol. The first-order valence-corrected chi connectivity index (χ1v) is 7.70. The molecule has 1 saturated carbocycles. The van der Waals surface area contributed by atoms with Crippen LogP contribution in [0.25, 0.3) is 0 Å². The van der Waals surface area contributed by atoms with E-state index in [1.54, 1.807) is 0 Å². The highest BCUT2D eigenvalue weighted by Crippen LogP contribution is 2.26. The number of nitrogens with zero attached hydrogens (tertiary/aromatic N) is 1. The molecule has 1 aliphatic rings. The quantitative estimate of drug-likeness (QED) is 0.619. The minimum absolute atomic E-state index is 0.0709. The van der Waals surface area contributed by atoms with Crippen molar-refractivity contribution in [2.45, 2.75) is 43.9 Å². The number of nitrogens with one attached hydrogen (secondary N) is 1. The minimum atomic E-state index is -4.55. The van der Waals surface area contributed by atoms with Crippen LogP contribution < -0.4 is 15.8 Å². The summed E-state index contributed by atoms with van der Waals surface area (Å²) in [6, 6.07) is 2.83. The topological polar surface area (TPSA) is 107 Å². The van der Waals surface area contributed by atoms with Crippen LogP contribution in [-0.4, -0.2) is 35.7 Å². The number of hydrogen-bond acceptors (Lipinski definition) is 5. The molecule has 1 aromatic rings. The van der Waals surface area contributed by atoms with Crippen molar-refractivity contribution in [2.24, 2.45) is 5.73 Å². The third kappa shape index (κ3) is 5.59. The van der Waals surface area contributed by atoms with Crippen LogP contribution in [0.5, 0.6) is 5.75 Å². The Balaban J connectivity index is 2.15. The fraction of sp³-hybridized carbons (Fsp3) is 0.533. The summed E-state index contributed by atoms with van der Waals surface area (Å²) in [6.07, 6.45) is -1.81. The van der Waals surface area contributed by atoms with Crippen LogP contribution in [-0.2, 0) is 0 Å². The number of ether oxygens (including phenoxy) is 1. The van der Waals surface area contributed by atoms with Crippen LogP contribution >= 0.6 is 0 Å². The van der Waals surface area contributed by atoms with Crippen molar-refractivity contribution in [1.29, 1.82) is 0 Å². The summed E-state index contributed by atoms with van der Waals surface area (Å²) in [7, 11) is 0. The molecule has 0 bridgehead atoms. The first kappa shape index (κ1) is 19.0. The zero-order valence-electron chi connectivity index (χ0n) is 13.2. The van der Waals surface area contributed by atoms with Crippen molar-refractivity contribution in [3.63, 3.8) is 0 Å². The Labute approximate surface area is 141 Å². The summed E-state index contributed by atoms with van der Waals surface area (Å²) in [5, 5.41) is 13.8. The van der Waals surface area contributed by atoms with Crippen molar-refractivity contribution in [3.8, 4) is 5.75 Å². The fourth-order valence-electron chi connectivity index (χ4n) is 2.64. The molecule has 0 aliphatic heterocycles. The summed E-state index contributed by atoms with van der Waals surface area (Å²) in [5.74, 6) is -0.983. The highest BCUT2D eigenvalue weighted by Gasteiger charge is 2.30. The number of carbonyl (C=O) groups excluding carboxylic acids is 1. The van der Waals surface area contributed by atoms with Crippen LogP contribution in [0, 0.1) is 10.1 Å². The van der Waals surface area contributed by atoms with E-state index in [4.69, 9.17) is 5.73 Å². The maximum atomic E-state index is 12.3. The highest BCUT2D eigenvalue weighted by molar-refractivity contribution is 5.98. The number of halogens is 3. The van der Waals surface area contributed by atoms with Gasteiger partial charge in [-0.1, -0.05) is 0 Å². The lowest BCUT2D eigenvalue weighted by atomic mass is 9.91. The van der Waals surface area contributed by atoms with Crippen molar-refractivity contribution in [3.05, 3.63) is 33.9 Å². The zero-order chi connectivity index (χ0) is 18.6. The van der Waals surface area contributed by atoms with E-state index in [0.29, 0.717) is 12.8 Å². The first-order chi connectivity index (χ1) is 11.7. The van der Waals surface area contributed by atoms with E-state index in [1.807, 2.05) is 0 Å². The number of nitro groups is 1. The van der Waals surface area contributed by atoms with E-state index < -0.39 is 29.3 Å². The molecule has 10 heteroatoms. The van der Waals surface area contributed by atoms with Gasteiger partial charge in [0.15, 0.2) is 6.61 Å². The second kappa shape index (κ2) is 7.68. The molecule has 1 amide bonds. The number of rotatable bonds is 5. The molecule has 0 spiro atoms. The van der Waals surface area contributed by atoms with E-state index in [0.717, 1.165) is 31.0 Å². The van der Waals surface area contributed by atoms with Gasteiger partial charge >= 0.3 is 6.18 Å². The number of benzene rings is 1. The van der Waals surface area contributed by atoms with Gasteiger partial charge in [-0.05, 0) is 37.8 Å². The highest BCUT2D eigenvalue weighted by atomic mass is 19.4. The number of hydrogen-bond donors (Lipinski definition) is 2. The molecule has 1 aromatic carbocycles. The Morgan fingerprint density at radius 1 is 1.32 bits per heavy atom.